The Balaban J connectivity index is 2.17. The van der Waals surface area contributed by atoms with Crippen LogP contribution >= 0.6 is 0 Å². The summed E-state index contributed by atoms with van der Waals surface area (Å²) in [6, 6.07) is 4.34. The highest BCUT2D eigenvalue weighted by Crippen LogP contribution is 2.28. The van der Waals surface area contributed by atoms with E-state index < -0.39 is 27.8 Å². The van der Waals surface area contributed by atoms with E-state index in [1.54, 1.807) is 18.2 Å². The second kappa shape index (κ2) is 7.94. The summed E-state index contributed by atoms with van der Waals surface area (Å²) >= 11 is 0. The molecule has 2 atom stereocenters. The number of nitrogens with zero attached hydrogens (tertiary/aromatic N) is 1. The smallest absolute Gasteiger partial charge is 0.321 e. The monoisotopic (exact) mass is 384 g/mol. The molecular formula is C17H24N2O6S. The van der Waals surface area contributed by atoms with Gasteiger partial charge in [-0.05, 0) is 30.0 Å². The number of aliphatic carboxylic acids is 1. The van der Waals surface area contributed by atoms with Crippen molar-refractivity contribution in [3.05, 3.63) is 23.8 Å². The second-order valence-corrected chi connectivity index (χ2v) is 8.83. The molecule has 2 N–H and O–H groups in total. The van der Waals surface area contributed by atoms with Gasteiger partial charge in [0.2, 0.25) is 0 Å². The van der Waals surface area contributed by atoms with Crippen LogP contribution in [0.15, 0.2) is 18.2 Å². The standard InChI is InChI=1S/C17H24N2O6S/c1-11-6-7-19(9-13(11)16(20)21)17(22)18-14-8-12(10-26(3,23)24)4-5-15(14)25-2/h4-5,8,11,13H,6-7,9-10H2,1-3H3,(H,18,22)(H,20,21). The van der Waals surface area contributed by atoms with Gasteiger partial charge in [-0.15, -0.1) is 0 Å². The van der Waals surface area contributed by atoms with Gasteiger partial charge in [-0.2, -0.15) is 0 Å². The van der Waals surface area contributed by atoms with E-state index in [1.165, 1.54) is 12.0 Å². The predicted octanol–water partition coefficient (Wildman–Crippen LogP) is 1.81. The SMILES string of the molecule is COc1ccc(CS(C)(=O)=O)cc1NC(=O)N1CCC(C)C(C(=O)O)C1. The van der Waals surface area contributed by atoms with Gasteiger partial charge in [0.1, 0.15) is 5.75 Å². The number of amides is 2. The Hall–Kier alpha value is -2.29. The number of hydrogen-bond acceptors (Lipinski definition) is 5. The quantitative estimate of drug-likeness (QED) is 0.800. The number of rotatable bonds is 5. The maximum absolute atomic E-state index is 12.6. The average Bonchev–Trinajstić information content (AvgIpc) is 2.53. The van der Waals surface area contributed by atoms with E-state index in [9.17, 15) is 23.1 Å². The van der Waals surface area contributed by atoms with Crippen LogP contribution in [-0.2, 0) is 20.4 Å². The van der Waals surface area contributed by atoms with E-state index in [2.05, 4.69) is 5.32 Å². The highest BCUT2D eigenvalue weighted by molar-refractivity contribution is 7.89. The van der Waals surface area contributed by atoms with Crippen molar-refractivity contribution in [2.75, 3.05) is 31.8 Å². The van der Waals surface area contributed by atoms with Gasteiger partial charge in [-0.3, -0.25) is 4.79 Å². The van der Waals surface area contributed by atoms with E-state index in [0.29, 0.717) is 30.0 Å². The predicted molar refractivity (Wildman–Crippen MR) is 97.0 cm³/mol. The summed E-state index contributed by atoms with van der Waals surface area (Å²) in [4.78, 5) is 25.3. The van der Waals surface area contributed by atoms with Crippen molar-refractivity contribution in [2.45, 2.75) is 19.1 Å². The first-order valence-electron chi connectivity index (χ1n) is 8.24. The third kappa shape index (κ3) is 5.10. The summed E-state index contributed by atoms with van der Waals surface area (Å²) in [5.41, 5.74) is 0.878. The molecule has 0 spiro atoms. The van der Waals surface area contributed by atoms with Crippen LogP contribution in [0, 0.1) is 11.8 Å². The van der Waals surface area contributed by atoms with Crippen LogP contribution in [0.25, 0.3) is 0 Å². The van der Waals surface area contributed by atoms with Crippen molar-refractivity contribution < 1.29 is 27.9 Å². The van der Waals surface area contributed by atoms with Gasteiger partial charge in [-0.1, -0.05) is 13.0 Å². The van der Waals surface area contributed by atoms with Crippen LogP contribution in [0.2, 0.25) is 0 Å². The zero-order chi connectivity index (χ0) is 19.5. The first-order valence-corrected chi connectivity index (χ1v) is 10.3. The third-order valence-corrected chi connectivity index (χ3v) is 5.35. The molecule has 0 aliphatic carbocycles. The van der Waals surface area contributed by atoms with E-state index >= 15 is 0 Å². The van der Waals surface area contributed by atoms with E-state index in [0.717, 1.165) is 6.26 Å². The highest BCUT2D eigenvalue weighted by atomic mass is 32.2. The van der Waals surface area contributed by atoms with Crippen LogP contribution in [0.3, 0.4) is 0 Å². The first-order chi connectivity index (χ1) is 12.1. The fraction of sp³-hybridized carbons (Fsp3) is 0.529. The molecule has 0 bridgehead atoms. The molecule has 0 saturated carbocycles. The van der Waals surface area contributed by atoms with E-state index in [1.807, 2.05) is 6.92 Å². The molecule has 144 valence electrons. The molecule has 1 aliphatic rings. The summed E-state index contributed by atoms with van der Waals surface area (Å²) in [6.07, 6.45) is 1.74. The molecule has 1 saturated heterocycles. The van der Waals surface area contributed by atoms with Gasteiger partial charge in [0, 0.05) is 19.3 Å². The number of anilines is 1. The Bertz CT molecular complexity index is 792. The molecule has 0 radical (unpaired) electrons. The highest BCUT2D eigenvalue weighted by Gasteiger charge is 2.33. The minimum Gasteiger partial charge on any atom is -0.495 e. The van der Waals surface area contributed by atoms with E-state index in [-0.39, 0.29) is 18.2 Å². The normalized spacial score (nSPS) is 20.5. The number of nitrogens with one attached hydrogen (secondary N) is 1. The van der Waals surface area contributed by atoms with Crippen molar-refractivity contribution in [2.24, 2.45) is 11.8 Å². The van der Waals surface area contributed by atoms with Crippen molar-refractivity contribution in [1.29, 1.82) is 0 Å². The summed E-state index contributed by atoms with van der Waals surface area (Å²) in [6.45, 7) is 2.46. The number of benzene rings is 1. The van der Waals surface area contributed by atoms with E-state index in [4.69, 9.17) is 4.74 Å². The molecule has 2 amide bonds. The van der Waals surface area contributed by atoms with Crippen LogP contribution in [0.1, 0.15) is 18.9 Å². The fourth-order valence-electron chi connectivity index (χ4n) is 3.01. The Labute approximate surface area is 153 Å². The van der Waals surface area contributed by atoms with Gasteiger partial charge in [0.05, 0.1) is 24.5 Å². The largest absolute Gasteiger partial charge is 0.495 e. The lowest BCUT2D eigenvalue weighted by atomic mass is 9.87. The Morgan fingerprint density at radius 2 is 2.08 bits per heavy atom. The lowest BCUT2D eigenvalue weighted by Gasteiger charge is -2.34. The molecule has 26 heavy (non-hydrogen) atoms. The Morgan fingerprint density at radius 3 is 2.65 bits per heavy atom. The Morgan fingerprint density at radius 1 is 1.38 bits per heavy atom. The summed E-state index contributed by atoms with van der Waals surface area (Å²) < 4.78 is 28.2. The molecule has 2 rings (SSSR count). The summed E-state index contributed by atoms with van der Waals surface area (Å²) in [5, 5.41) is 12.0. The number of ether oxygens (including phenoxy) is 1. The molecular weight excluding hydrogens is 360 g/mol. The van der Waals surface area contributed by atoms with Gasteiger partial charge >= 0.3 is 12.0 Å². The molecule has 0 aromatic heterocycles. The van der Waals surface area contributed by atoms with Crippen LogP contribution < -0.4 is 10.1 Å². The maximum Gasteiger partial charge on any atom is 0.321 e. The number of carbonyl (C=O) groups excluding carboxylic acids is 1. The number of methoxy groups -OCH3 is 1. The number of sulfone groups is 1. The molecule has 2 unspecified atom stereocenters. The second-order valence-electron chi connectivity index (χ2n) is 6.69. The van der Waals surface area contributed by atoms with Crippen molar-refractivity contribution in [3.63, 3.8) is 0 Å². The zero-order valence-electron chi connectivity index (χ0n) is 15.1. The number of carbonyl (C=O) groups is 2. The van der Waals surface area contributed by atoms with Crippen molar-refractivity contribution in [3.8, 4) is 5.75 Å². The maximum atomic E-state index is 12.6. The minimum atomic E-state index is -3.21. The minimum absolute atomic E-state index is 0.00387. The number of urea groups is 1. The molecule has 9 heteroatoms. The first kappa shape index (κ1) is 20.0. The molecule has 1 aromatic rings. The van der Waals surface area contributed by atoms with Crippen LogP contribution in [0.5, 0.6) is 5.75 Å². The molecule has 1 heterocycles. The molecule has 1 aliphatic heterocycles. The van der Waals surface area contributed by atoms with Crippen LogP contribution in [0.4, 0.5) is 10.5 Å². The summed E-state index contributed by atoms with van der Waals surface area (Å²) in [7, 11) is -1.77. The average molecular weight is 384 g/mol. The number of hydrogen-bond donors (Lipinski definition) is 2. The van der Waals surface area contributed by atoms with Gasteiger partial charge < -0.3 is 20.1 Å². The molecule has 1 fully saturated rings. The summed E-state index contributed by atoms with van der Waals surface area (Å²) in [5.74, 6) is -1.27. The lowest BCUT2D eigenvalue weighted by Crippen LogP contribution is -2.47. The van der Waals surface area contributed by atoms with Crippen molar-refractivity contribution in [1.82, 2.24) is 4.90 Å². The lowest BCUT2D eigenvalue weighted by molar-refractivity contribution is -0.145. The molecule has 1 aromatic carbocycles. The fourth-order valence-corrected chi connectivity index (χ4v) is 3.80. The number of likely N-dealkylation sites (tertiary alicyclic amines) is 1. The number of carboxylic acids is 1. The molecule has 8 nitrogen and oxygen atoms in total. The van der Waals surface area contributed by atoms with Gasteiger partial charge in [0.15, 0.2) is 9.84 Å². The topological polar surface area (TPSA) is 113 Å². The number of carboxylic acid groups (broad SMARTS) is 1. The third-order valence-electron chi connectivity index (χ3n) is 4.50. The van der Waals surface area contributed by atoms with Gasteiger partial charge in [-0.25, -0.2) is 13.2 Å². The Kier molecular flexibility index (Phi) is 6.12. The number of piperidine rings is 1. The zero-order valence-corrected chi connectivity index (χ0v) is 15.9. The van der Waals surface area contributed by atoms with Crippen LogP contribution in [-0.4, -0.2) is 56.9 Å². The van der Waals surface area contributed by atoms with Crippen molar-refractivity contribution >= 4 is 27.5 Å². The van der Waals surface area contributed by atoms with Gasteiger partial charge in [0.25, 0.3) is 0 Å².